The summed E-state index contributed by atoms with van der Waals surface area (Å²) in [6.07, 6.45) is 0. The van der Waals surface area contributed by atoms with Gasteiger partial charge in [0.25, 0.3) is 0 Å². The van der Waals surface area contributed by atoms with Gasteiger partial charge in [0.1, 0.15) is 5.75 Å². The van der Waals surface area contributed by atoms with Gasteiger partial charge in [0.15, 0.2) is 0 Å². The molecule has 0 unspecified atom stereocenters. The summed E-state index contributed by atoms with van der Waals surface area (Å²) in [5.74, 6) is 0.572. The van der Waals surface area contributed by atoms with Crippen molar-refractivity contribution >= 4 is 23.2 Å². The maximum atomic E-state index is 12.3. The molecule has 6 heteroatoms. The molecule has 0 radical (unpaired) electrons. The Hall–Kier alpha value is -2.08. The van der Waals surface area contributed by atoms with E-state index in [1.807, 2.05) is 0 Å². The normalized spacial score (nSPS) is 15.5. The Balaban J connectivity index is 1.44. The minimum absolute atomic E-state index is 0.0247. The molecule has 1 aliphatic heterocycles. The highest BCUT2D eigenvalue weighted by Crippen LogP contribution is 2.27. The molecule has 1 aliphatic rings. The van der Waals surface area contributed by atoms with Crippen LogP contribution in [0, 0.1) is 6.92 Å². The number of nitrogens with one attached hydrogen (secondary N) is 1. The number of rotatable bonds is 6. The van der Waals surface area contributed by atoms with Crippen LogP contribution in [0.3, 0.4) is 0 Å². The number of methoxy groups -OCH3 is 1. The quantitative estimate of drug-likeness (QED) is 0.825. The number of hydrogen-bond acceptors (Lipinski definition) is 4. The number of nitrogens with zero attached hydrogens (tertiary/aromatic N) is 2. The summed E-state index contributed by atoms with van der Waals surface area (Å²) in [7, 11) is 1.57. The topological polar surface area (TPSA) is 44.8 Å². The maximum Gasteiger partial charge on any atom is 0.238 e. The predicted molar refractivity (Wildman–Crippen MR) is 110 cm³/mol. The third kappa shape index (κ3) is 5.70. The van der Waals surface area contributed by atoms with Crippen LogP contribution < -0.4 is 10.1 Å². The number of carbonyl (C=O) groups excluding carboxylic acids is 1. The van der Waals surface area contributed by atoms with Gasteiger partial charge in [0.05, 0.1) is 18.7 Å². The van der Waals surface area contributed by atoms with Gasteiger partial charge in [-0.3, -0.25) is 14.6 Å². The molecule has 27 heavy (non-hydrogen) atoms. The number of hydrogen-bond donors (Lipinski definition) is 1. The molecule has 1 N–H and O–H groups in total. The SMILES string of the molecule is COc1ccc(NC(=O)CN2CCN(Cc3cccc(C)c3)CC2)cc1Cl. The molecule has 3 rings (SSSR count). The van der Waals surface area contributed by atoms with Crippen molar-refractivity contribution in [1.82, 2.24) is 9.80 Å². The fourth-order valence-corrected chi connectivity index (χ4v) is 3.58. The number of carbonyl (C=O) groups is 1. The van der Waals surface area contributed by atoms with Gasteiger partial charge in [-0.1, -0.05) is 41.4 Å². The van der Waals surface area contributed by atoms with Crippen LogP contribution in [0.1, 0.15) is 11.1 Å². The molecule has 144 valence electrons. The van der Waals surface area contributed by atoms with Crippen molar-refractivity contribution in [2.45, 2.75) is 13.5 Å². The van der Waals surface area contributed by atoms with Crippen molar-refractivity contribution in [2.24, 2.45) is 0 Å². The zero-order chi connectivity index (χ0) is 19.2. The lowest BCUT2D eigenvalue weighted by Gasteiger charge is -2.34. The molecule has 0 aliphatic carbocycles. The van der Waals surface area contributed by atoms with Crippen LogP contribution in [-0.4, -0.2) is 55.5 Å². The fraction of sp³-hybridized carbons (Fsp3) is 0.381. The van der Waals surface area contributed by atoms with Gasteiger partial charge in [-0.2, -0.15) is 0 Å². The van der Waals surface area contributed by atoms with Crippen LogP contribution in [0.5, 0.6) is 5.75 Å². The minimum Gasteiger partial charge on any atom is -0.495 e. The Morgan fingerprint density at radius 1 is 1.11 bits per heavy atom. The zero-order valence-electron chi connectivity index (χ0n) is 15.9. The summed E-state index contributed by atoms with van der Waals surface area (Å²) < 4.78 is 5.13. The average molecular weight is 388 g/mol. The molecule has 0 saturated carbocycles. The van der Waals surface area contributed by atoms with Crippen LogP contribution in [0.15, 0.2) is 42.5 Å². The molecular weight excluding hydrogens is 362 g/mol. The monoisotopic (exact) mass is 387 g/mol. The Morgan fingerprint density at radius 3 is 2.52 bits per heavy atom. The van der Waals surface area contributed by atoms with Crippen LogP contribution in [-0.2, 0) is 11.3 Å². The molecule has 1 saturated heterocycles. The van der Waals surface area contributed by atoms with Gasteiger partial charge in [-0.05, 0) is 30.7 Å². The van der Waals surface area contributed by atoms with Crippen LogP contribution >= 0.6 is 11.6 Å². The molecule has 2 aromatic carbocycles. The largest absolute Gasteiger partial charge is 0.495 e. The third-order valence-corrected chi connectivity index (χ3v) is 5.05. The van der Waals surface area contributed by atoms with E-state index >= 15 is 0 Å². The van der Waals surface area contributed by atoms with Crippen molar-refractivity contribution in [1.29, 1.82) is 0 Å². The molecular formula is C21H26ClN3O2. The molecule has 2 aromatic rings. The summed E-state index contributed by atoms with van der Waals surface area (Å²) in [5, 5.41) is 3.39. The number of anilines is 1. The van der Waals surface area contributed by atoms with Crippen molar-refractivity contribution in [3.63, 3.8) is 0 Å². The van der Waals surface area contributed by atoms with Gasteiger partial charge in [0.2, 0.25) is 5.91 Å². The molecule has 1 heterocycles. The maximum absolute atomic E-state index is 12.3. The highest BCUT2D eigenvalue weighted by molar-refractivity contribution is 6.32. The van der Waals surface area contributed by atoms with E-state index in [4.69, 9.17) is 16.3 Å². The van der Waals surface area contributed by atoms with E-state index in [1.54, 1.807) is 25.3 Å². The Labute approximate surface area is 165 Å². The first-order valence-electron chi connectivity index (χ1n) is 9.17. The molecule has 5 nitrogen and oxygen atoms in total. The summed E-state index contributed by atoms with van der Waals surface area (Å²) in [4.78, 5) is 16.9. The van der Waals surface area contributed by atoms with Crippen molar-refractivity contribution in [2.75, 3.05) is 45.2 Å². The first-order valence-corrected chi connectivity index (χ1v) is 9.55. The number of benzene rings is 2. The van der Waals surface area contributed by atoms with Gasteiger partial charge >= 0.3 is 0 Å². The predicted octanol–water partition coefficient (Wildman–Crippen LogP) is 3.41. The highest BCUT2D eigenvalue weighted by Gasteiger charge is 2.19. The van der Waals surface area contributed by atoms with E-state index in [0.29, 0.717) is 23.0 Å². The molecule has 0 aromatic heterocycles. The number of amides is 1. The number of piperazine rings is 1. The minimum atomic E-state index is -0.0247. The summed E-state index contributed by atoms with van der Waals surface area (Å²) in [6, 6.07) is 13.9. The van der Waals surface area contributed by atoms with Crippen molar-refractivity contribution in [3.8, 4) is 5.75 Å². The summed E-state index contributed by atoms with van der Waals surface area (Å²) >= 11 is 6.10. The molecule has 0 spiro atoms. The number of ether oxygens (including phenoxy) is 1. The smallest absolute Gasteiger partial charge is 0.238 e. The summed E-state index contributed by atoms with van der Waals surface area (Å²) in [5.41, 5.74) is 3.32. The highest BCUT2D eigenvalue weighted by atomic mass is 35.5. The van der Waals surface area contributed by atoms with E-state index in [0.717, 1.165) is 32.7 Å². The Morgan fingerprint density at radius 2 is 1.85 bits per heavy atom. The molecule has 1 fully saturated rings. The Kier molecular flexibility index (Phi) is 6.72. The lowest BCUT2D eigenvalue weighted by atomic mass is 10.1. The zero-order valence-corrected chi connectivity index (χ0v) is 16.6. The van der Waals surface area contributed by atoms with Crippen molar-refractivity contribution < 1.29 is 9.53 Å². The lowest BCUT2D eigenvalue weighted by Crippen LogP contribution is -2.48. The Bertz CT molecular complexity index is 789. The van der Waals surface area contributed by atoms with Gasteiger partial charge in [-0.25, -0.2) is 0 Å². The second-order valence-corrected chi connectivity index (χ2v) is 7.35. The van der Waals surface area contributed by atoms with E-state index in [2.05, 4.69) is 46.3 Å². The van der Waals surface area contributed by atoms with Gasteiger partial charge < -0.3 is 10.1 Å². The van der Waals surface area contributed by atoms with Gasteiger partial charge in [0, 0.05) is 38.4 Å². The third-order valence-electron chi connectivity index (χ3n) is 4.76. The average Bonchev–Trinajstić information content (AvgIpc) is 2.63. The van der Waals surface area contributed by atoms with E-state index in [1.165, 1.54) is 11.1 Å². The lowest BCUT2D eigenvalue weighted by molar-refractivity contribution is -0.117. The van der Waals surface area contributed by atoms with Crippen LogP contribution in [0.4, 0.5) is 5.69 Å². The molecule has 0 bridgehead atoms. The first kappa shape index (κ1) is 19.7. The van der Waals surface area contributed by atoms with E-state index in [9.17, 15) is 4.79 Å². The van der Waals surface area contributed by atoms with Crippen molar-refractivity contribution in [3.05, 3.63) is 58.6 Å². The van der Waals surface area contributed by atoms with Gasteiger partial charge in [-0.15, -0.1) is 0 Å². The summed E-state index contributed by atoms with van der Waals surface area (Å²) in [6.45, 7) is 7.19. The first-order chi connectivity index (χ1) is 13.0. The van der Waals surface area contributed by atoms with Crippen LogP contribution in [0.25, 0.3) is 0 Å². The standard InChI is InChI=1S/C21H26ClN3O2/c1-16-4-3-5-17(12-16)14-24-8-10-25(11-9-24)15-21(26)23-18-6-7-20(27-2)19(22)13-18/h3-7,12-13H,8-11,14-15H2,1-2H3,(H,23,26). The number of aryl methyl sites for hydroxylation is 1. The molecule has 0 atom stereocenters. The van der Waals surface area contributed by atoms with E-state index in [-0.39, 0.29) is 5.91 Å². The second kappa shape index (κ2) is 9.22. The second-order valence-electron chi connectivity index (χ2n) is 6.94. The fourth-order valence-electron chi connectivity index (χ4n) is 3.32. The van der Waals surface area contributed by atoms with E-state index < -0.39 is 0 Å². The number of halogens is 1. The molecule has 1 amide bonds. The van der Waals surface area contributed by atoms with Crippen LogP contribution in [0.2, 0.25) is 5.02 Å².